The zero-order valence-corrected chi connectivity index (χ0v) is 9.57. The molecule has 0 saturated heterocycles. The molecule has 1 N–H and O–H groups in total. The maximum Gasteiger partial charge on any atom is 0.304 e. The SMILES string of the molecule is O=C(O)CCSc1cc(F)cc(Br)c1. The van der Waals surface area contributed by atoms with Gasteiger partial charge in [0.2, 0.25) is 0 Å². The van der Waals surface area contributed by atoms with Crippen LogP contribution in [-0.4, -0.2) is 16.8 Å². The summed E-state index contributed by atoms with van der Waals surface area (Å²) in [6.45, 7) is 0. The van der Waals surface area contributed by atoms with Gasteiger partial charge >= 0.3 is 5.97 Å². The number of rotatable bonds is 4. The molecule has 0 saturated carbocycles. The smallest absolute Gasteiger partial charge is 0.304 e. The third-order valence-electron chi connectivity index (χ3n) is 1.42. The summed E-state index contributed by atoms with van der Waals surface area (Å²) >= 11 is 4.49. The number of hydrogen-bond acceptors (Lipinski definition) is 2. The first-order chi connectivity index (χ1) is 6.58. The minimum absolute atomic E-state index is 0.0821. The van der Waals surface area contributed by atoms with E-state index < -0.39 is 5.97 Å². The molecule has 2 nitrogen and oxygen atoms in total. The lowest BCUT2D eigenvalue weighted by Gasteiger charge is -2.00. The van der Waals surface area contributed by atoms with Crippen LogP contribution in [0.2, 0.25) is 0 Å². The van der Waals surface area contributed by atoms with E-state index in [1.807, 2.05) is 0 Å². The van der Waals surface area contributed by atoms with Crippen LogP contribution in [-0.2, 0) is 4.79 Å². The van der Waals surface area contributed by atoms with Crippen molar-refractivity contribution in [3.63, 3.8) is 0 Å². The first kappa shape index (κ1) is 11.5. The van der Waals surface area contributed by atoms with E-state index in [-0.39, 0.29) is 12.2 Å². The second-order valence-electron chi connectivity index (χ2n) is 2.60. The topological polar surface area (TPSA) is 37.3 Å². The maximum absolute atomic E-state index is 12.9. The van der Waals surface area contributed by atoms with Gasteiger partial charge in [-0.1, -0.05) is 15.9 Å². The number of carboxylic acids is 1. The molecule has 0 aliphatic carbocycles. The fraction of sp³-hybridized carbons (Fsp3) is 0.222. The van der Waals surface area contributed by atoms with Gasteiger partial charge in [0.15, 0.2) is 0 Å². The molecular weight excluding hydrogens is 271 g/mol. The molecule has 1 aromatic rings. The van der Waals surface area contributed by atoms with Gasteiger partial charge in [-0.25, -0.2) is 4.39 Å². The van der Waals surface area contributed by atoms with Gasteiger partial charge in [0.1, 0.15) is 5.82 Å². The Morgan fingerprint density at radius 1 is 1.50 bits per heavy atom. The Bertz CT molecular complexity index is 323. The second-order valence-corrected chi connectivity index (χ2v) is 4.68. The minimum atomic E-state index is -0.840. The van der Waals surface area contributed by atoms with Gasteiger partial charge in [0, 0.05) is 15.1 Å². The molecule has 76 valence electrons. The average Bonchev–Trinajstić information content (AvgIpc) is 2.01. The molecular formula is C9H8BrFO2S. The van der Waals surface area contributed by atoms with Crippen LogP contribution in [0.3, 0.4) is 0 Å². The summed E-state index contributed by atoms with van der Waals surface area (Å²) in [6.07, 6.45) is 0.0821. The Hall–Kier alpha value is -0.550. The molecule has 0 atom stereocenters. The van der Waals surface area contributed by atoms with Crippen molar-refractivity contribution in [2.45, 2.75) is 11.3 Å². The van der Waals surface area contributed by atoms with Crippen LogP contribution >= 0.6 is 27.7 Å². The van der Waals surface area contributed by atoms with E-state index in [2.05, 4.69) is 15.9 Å². The molecule has 1 rings (SSSR count). The molecule has 0 unspecified atom stereocenters. The van der Waals surface area contributed by atoms with Crippen LogP contribution < -0.4 is 0 Å². The van der Waals surface area contributed by atoms with Crippen LogP contribution in [0.5, 0.6) is 0 Å². The first-order valence-corrected chi connectivity index (χ1v) is 5.66. The molecule has 0 heterocycles. The van der Waals surface area contributed by atoms with Crippen LogP contribution in [0, 0.1) is 5.82 Å². The maximum atomic E-state index is 12.9. The van der Waals surface area contributed by atoms with Gasteiger partial charge in [-0.05, 0) is 18.2 Å². The number of benzene rings is 1. The van der Waals surface area contributed by atoms with Crippen molar-refractivity contribution in [1.82, 2.24) is 0 Å². The molecule has 5 heteroatoms. The van der Waals surface area contributed by atoms with Crippen LogP contribution in [0.25, 0.3) is 0 Å². The van der Waals surface area contributed by atoms with Gasteiger partial charge < -0.3 is 5.11 Å². The second kappa shape index (κ2) is 5.36. The van der Waals surface area contributed by atoms with Crippen molar-refractivity contribution >= 4 is 33.7 Å². The average molecular weight is 279 g/mol. The third-order valence-corrected chi connectivity index (χ3v) is 2.86. The lowest BCUT2D eigenvalue weighted by Crippen LogP contribution is -1.95. The number of thioether (sulfide) groups is 1. The van der Waals surface area contributed by atoms with Crippen molar-refractivity contribution in [3.8, 4) is 0 Å². The molecule has 0 aromatic heterocycles. The highest BCUT2D eigenvalue weighted by atomic mass is 79.9. The Morgan fingerprint density at radius 2 is 2.21 bits per heavy atom. The summed E-state index contributed by atoms with van der Waals surface area (Å²) in [4.78, 5) is 11.0. The van der Waals surface area contributed by atoms with Crippen molar-refractivity contribution < 1.29 is 14.3 Å². The van der Waals surface area contributed by atoms with Crippen LogP contribution in [0.15, 0.2) is 27.6 Å². The summed E-state index contributed by atoms with van der Waals surface area (Å²) in [7, 11) is 0. The quantitative estimate of drug-likeness (QED) is 0.860. The predicted molar refractivity (Wildman–Crippen MR) is 57.1 cm³/mol. The summed E-state index contributed by atoms with van der Waals surface area (Å²) in [5.74, 6) is -0.712. The highest BCUT2D eigenvalue weighted by molar-refractivity contribution is 9.10. The normalized spacial score (nSPS) is 10.1. The van der Waals surface area contributed by atoms with E-state index in [1.165, 1.54) is 23.9 Å². The van der Waals surface area contributed by atoms with Gasteiger partial charge in [0.25, 0.3) is 0 Å². The molecule has 0 amide bonds. The summed E-state index contributed by atoms with van der Waals surface area (Å²) in [6, 6.07) is 4.51. The molecule has 14 heavy (non-hydrogen) atoms. The molecule has 0 aliphatic rings. The minimum Gasteiger partial charge on any atom is -0.481 e. The van der Waals surface area contributed by atoms with E-state index in [0.29, 0.717) is 10.2 Å². The van der Waals surface area contributed by atoms with E-state index >= 15 is 0 Å². The molecule has 0 fully saturated rings. The van der Waals surface area contributed by atoms with Crippen LogP contribution in [0.1, 0.15) is 6.42 Å². The number of halogens is 2. The van der Waals surface area contributed by atoms with Crippen LogP contribution in [0.4, 0.5) is 4.39 Å². The summed E-state index contributed by atoms with van der Waals surface area (Å²) in [5, 5.41) is 8.40. The Balaban J connectivity index is 2.54. The van der Waals surface area contributed by atoms with Crippen molar-refractivity contribution in [3.05, 3.63) is 28.5 Å². The van der Waals surface area contributed by atoms with Gasteiger partial charge in [-0.3, -0.25) is 4.79 Å². The standard InChI is InChI=1S/C9H8BrFO2S/c10-6-3-7(11)5-8(4-6)14-2-1-9(12)13/h3-5H,1-2H2,(H,12,13). The molecule has 0 spiro atoms. The fourth-order valence-corrected chi connectivity index (χ4v) is 2.40. The molecule has 0 aliphatic heterocycles. The number of carboxylic acid groups (broad SMARTS) is 1. The highest BCUT2D eigenvalue weighted by Crippen LogP contribution is 2.24. The van der Waals surface area contributed by atoms with Crippen molar-refractivity contribution in [2.24, 2.45) is 0 Å². The van der Waals surface area contributed by atoms with Gasteiger partial charge in [-0.2, -0.15) is 0 Å². The lowest BCUT2D eigenvalue weighted by atomic mass is 10.3. The van der Waals surface area contributed by atoms with E-state index in [9.17, 15) is 9.18 Å². The molecule has 0 bridgehead atoms. The number of carbonyl (C=O) groups is 1. The zero-order valence-electron chi connectivity index (χ0n) is 7.17. The van der Waals surface area contributed by atoms with Crippen molar-refractivity contribution in [1.29, 1.82) is 0 Å². The van der Waals surface area contributed by atoms with Gasteiger partial charge in [0.05, 0.1) is 6.42 Å². The third kappa shape index (κ3) is 4.11. The van der Waals surface area contributed by atoms with Crippen molar-refractivity contribution in [2.75, 3.05) is 5.75 Å². The summed E-state index contributed by atoms with van der Waals surface area (Å²) in [5.41, 5.74) is 0. The first-order valence-electron chi connectivity index (χ1n) is 3.88. The largest absolute Gasteiger partial charge is 0.481 e. The van der Waals surface area contributed by atoms with E-state index in [0.717, 1.165) is 4.90 Å². The monoisotopic (exact) mass is 278 g/mol. The number of hydrogen-bond donors (Lipinski definition) is 1. The van der Waals surface area contributed by atoms with E-state index in [4.69, 9.17) is 5.11 Å². The number of aliphatic carboxylic acids is 1. The van der Waals surface area contributed by atoms with E-state index in [1.54, 1.807) is 6.07 Å². The van der Waals surface area contributed by atoms with Gasteiger partial charge in [-0.15, -0.1) is 11.8 Å². The lowest BCUT2D eigenvalue weighted by molar-refractivity contribution is -0.136. The predicted octanol–water partition coefficient (Wildman–Crippen LogP) is 3.16. The zero-order chi connectivity index (χ0) is 10.6. The fourth-order valence-electron chi connectivity index (χ4n) is 0.868. The molecule has 0 radical (unpaired) electrons. The summed E-state index contributed by atoms with van der Waals surface area (Å²) < 4.78 is 13.5. The highest BCUT2D eigenvalue weighted by Gasteiger charge is 2.01. The Labute approximate surface area is 93.6 Å². The Morgan fingerprint density at radius 3 is 2.79 bits per heavy atom. The molecule has 1 aromatic carbocycles. The Kier molecular flexibility index (Phi) is 4.41.